The van der Waals surface area contributed by atoms with Gasteiger partial charge >= 0.3 is 0 Å². The quantitative estimate of drug-likeness (QED) is 0.765. The van der Waals surface area contributed by atoms with Gasteiger partial charge in [-0.3, -0.25) is 4.79 Å². The van der Waals surface area contributed by atoms with Gasteiger partial charge in [0, 0.05) is 24.6 Å². The van der Waals surface area contributed by atoms with Crippen molar-refractivity contribution < 1.29 is 9.53 Å². The van der Waals surface area contributed by atoms with E-state index >= 15 is 0 Å². The summed E-state index contributed by atoms with van der Waals surface area (Å²) in [5, 5.41) is 2.97. The number of ether oxygens (including phenoxy) is 1. The van der Waals surface area contributed by atoms with Crippen LogP contribution in [0.1, 0.15) is 49.3 Å². The van der Waals surface area contributed by atoms with Gasteiger partial charge in [0.15, 0.2) is 0 Å². The number of benzene rings is 2. The SMILES string of the molecule is Cl.NC(CC(=O)NCc1ccccc1OC1CCCC1)c1ccccc1. The molecule has 0 aliphatic heterocycles. The lowest BCUT2D eigenvalue weighted by molar-refractivity contribution is -0.121. The molecule has 1 unspecified atom stereocenters. The fourth-order valence-corrected chi connectivity index (χ4v) is 3.23. The molecular weight excluding hydrogens is 348 g/mol. The number of nitrogens with two attached hydrogens (primary N) is 1. The van der Waals surface area contributed by atoms with Crippen molar-refractivity contribution in [2.45, 2.75) is 50.8 Å². The number of nitrogens with one attached hydrogen (secondary N) is 1. The average Bonchev–Trinajstić information content (AvgIpc) is 3.15. The van der Waals surface area contributed by atoms with Crippen molar-refractivity contribution in [2.75, 3.05) is 0 Å². The van der Waals surface area contributed by atoms with Crippen molar-refractivity contribution in [3.63, 3.8) is 0 Å². The third-order valence-electron chi connectivity index (χ3n) is 4.68. The summed E-state index contributed by atoms with van der Waals surface area (Å²) in [4.78, 5) is 12.2. The second kappa shape index (κ2) is 10.2. The van der Waals surface area contributed by atoms with Crippen LogP contribution in [0.3, 0.4) is 0 Å². The largest absolute Gasteiger partial charge is 0.490 e. The van der Waals surface area contributed by atoms with Crippen LogP contribution in [0, 0.1) is 0 Å². The fraction of sp³-hybridized carbons (Fsp3) is 0.381. The topological polar surface area (TPSA) is 64.4 Å². The first kappa shape index (κ1) is 20.3. The minimum Gasteiger partial charge on any atom is -0.490 e. The van der Waals surface area contributed by atoms with E-state index in [0.29, 0.717) is 12.6 Å². The zero-order valence-electron chi connectivity index (χ0n) is 14.9. The molecule has 0 aromatic heterocycles. The van der Waals surface area contributed by atoms with Gasteiger partial charge in [-0.05, 0) is 37.3 Å². The number of rotatable bonds is 7. The van der Waals surface area contributed by atoms with Gasteiger partial charge in [-0.2, -0.15) is 0 Å². The van der Waals surface area contributed by atoms with Crippen LogP contribution >= 0.6 is 12.4 Å². The zero-order valence-corrected chi connectivity index (χ0v) is 15.7. The van der Waals surface area contributed by atoms with E-state index in [1.807, 2.05) is 54.6 Å². The van der Waals surface area contributed by atoms with E-state index in [4.69, 9.17) is 10.5 Å². The highest BCUT2D eigenvalue weighted by Gasteiger charge is 2.18. The van der Waals surface area contributed by atoms with Crippen molar-refractivity contribution in [1.29, 1.82) is 0 Å². The van der Waals surface area contributed by atoms with Gasteiger partial charge in [0.25, 0.3) is 0 Å². The average molecular weight is 375 g/mol. The fourth-order valence-electron chi connectivity index (χ4n) is 3.23. The summed E-state index contributed by atoms with van der Waals surface area (Å²) in [5.74, 6) is 0.828. The van der Waals surface area contributed by atoms with Crippen LogP contribution in [0.4, 0.5) is 0 Å². The van der Waals surface area contributed by atoms with Gasteiger partial charge in [-0.1, -0.05) is 48.5 Å². The number of hydrogen-bond acceptors (Lipinski definition) is 3. The third-order valence-corrected chi connectivity index (χ3v) is 4.68. The lowest BCUT2D eigenvalue weighted by Crippen LogP contribution is -2.27. The molecular formula is C21H27ClN2O2. The molecule has 0 radical (unpaired) electrons. The predicted molar refractivity (Wildman–Crippen MR) is 106 cm³/mol. The van der Waals surface area contributed by atoms with Gasteiger partial charge < -0.3 is 15.8 Å². The molecule has 0 bridgehead atoms. The number of para-hydroxylation sites is 1. The Bertz CT molecular complexity index is 687. The maximum Gasteiger partial charge on any atom is 0.222 e. The molecule has 5 heteroatoms. The molecule has 4 nitrogen and oxygen atoms in total. The van der Waals surface area contributed by atoms with E-state index in [1.165, 1.54) is 12.8 Å². The smallest absolute Gasteiger partial charge is 0.222 e. The third kappa shape index (κ3) is 5.75. The van der Waals surface area contributed by atoms with E-state index < -0.39 is 0 Å². The molecule has 0 heterocycles. The van der Waals surface area contributed by atoms with E-state index in [0.717, 1.165) is 29.7 Å². The van der Waals surface area contributed by atoms with Crippen LogP contribution in [0.5, 0.6) is 5.75 Å². The predicted octanol–water partition coefficient (Wildman–Crippen LogP) is 4.14. The van der Waals surface area contributed by atoms with E-state index in [9.17, 15) is 4.79 Å². The first-order chi connectivity index (χ1) is 12.2. The van der Waals surface area contributed by atoms with Crippen molar-refractivity contribution in [3.05, 3.63) is 65.7 Å². The molecule has 3 N–H and O–H groups in total. The molecule has 140 valence electrons. The van der Waals surface area contributed by atoms with Crippen LogP contribution in [0.25, 0.3) is 0 Å². The highest BCUT2D eigenvalue weighted by molar-refractivity contribution is 5.85. The molecule has 3 rings (SSSR count). The molecule has 1 saturated carbocycles. The molecule has 2 aromatic carbocycles. The molecule has 1 aliphatic carbocycles. The Labute approximate surface area is 161 Å². The highest BCUT2D eigenvalue weighted by atomic mass is 35.5. The summed E-state index contributed by atoms with van der Waals surface area (Å²) in [5.41, 5.74) is 8.10. The molecule has 0 saturated heterocycles. The first-order valence-electron chi connectivity index (χ1n) is 9.04. The summed E-state index contributed by atoms with van der Waals surface area (Å²) < 4.78 is 6.11. The van der Waals surface area contributed by atoms with Crippen LogP contribution in [0.15, 0.2) is 54.6 Å². The summed E-state index contributed by atoms with van der Waals surface area (Å²) in [6.07, 6.45) is 5.29. The number of carbonyl (C=O) groups excluding carboxylic acids is 1. The second-order valence-electron chi connectivity index (χ2n) is 6.63. The number of carbonyl (C=O) groups is 1. The van der Waals surface area contributed by atoms with Gasteiger partial charge in [0.1, 0.15) is 5.75 Å². The Balaban J connectivity index is 0.00000243. The van der Waals surface area contributed by atoms with Crippen LogP contribution in [-0.2, 0) is 11.3 Å². The molecule has 1 amide bonds. The van der Waals surface area contributed by atoms with Gasteiger partial charge in [-0.15, -0.1) is 12.4 Å². The summed E-state index contributed by atoms with van der Waals surface area (Å²) in [6.45, 7) is 0.462. The Morgan fingerprint density at radius 2 is 1.73 bits per heavy atom. The van der Waals surface area contributed by atoms with Crippen molar-refractivity contribution in [2.24, 2.45) is 5.73 Å². The lowest BCUT2D eigenvalue weighted by atomic mass is 10.0. The molecule has 1 aliphatic rings. The molecule has 1 fully saturated rings. The minimum atomic E-state index is -0.286. The van der Waals surface area contributed by atoms with Crippen LogP contribution in [0.2, 0.25) is 0 Å². The molecule has 1 atom stereocenters. The minimum absolute atomic E-state index is 0. The van der Waals surface area contributed by atoms with Gasteiger partial charge in [-0.25, -0.2) is 0 Å². The molecule has 26 heavy (non-hydrogen) atoms. The van der Waals surface area contributed by atoms with Crippen molar-refractivity contribution in [1.82, 2.24) is 5.32 Å². The maximum absolute atomic E-state index is 12.2. The Hall–Kier alpha value is -2.04. The monoisotopic (exact) mass is 374 g/mol. The van der Waals surface area contributed by atoms with E-state index in [-0.39, 0.29) is 30.8 Å². The zero-order chi connectivity index (χ0) is 17.5. The Morgan fingerprint density at radius 3 is 2.46 bits per heavy atom. The second-order valence-corrected chi connectivity index (χ2v) is 6.63. The maximum atomic E-state index is 12.2. The summed E-state index contributed by atoms with van der Waals surface area (Å²) in [7, 11) is 0. The van der Waals surface area contributed by atoms with Crippen LogP contribution in [-0.4, -0.2) is 12.0 Å². The summed E-state index contributed by atoms with van der Waals surface area (Å²) in [6, 6.07) is 17.3. The van der Waals surface area contributed by atoms with E-state index in [2.05, 4.69) is 5.32 Å². The highest BCUT2D eigenvalue weighted by Crippen LogP contribution is 2.26. The van der Waals surface area contributed by atoms with Crippen LogP contribution < -0.4 is 15.8 Å². The standard InChI is InChI=1S/C21H26N2O2.ClH/c22-19(16-8-2-1-3-9-16)14-21(24)23-15-17-10-4-7-13-20(17)25-18-11-5-6-12-18;/h1-4,7-10,13,18-19H,5-6,11-12,14-15,22H2,(H,23,24);1H. The lowest BCUT2D eigenvalue weighted by Gasteiger charge is -2.17. The van der Waals surface area contributed by atoms with Gasteiger partial charge in [0.05, 0.1) is 6.10 Å². The van der Waals surface area contributed by atoms with E-state index in [1.54, 1.807) is 0 Å². The van der Waals surface area contributed by atoms with Gasteiger partial charge in [0.2, 0.25) is 5.91 Å². The Kier molecular flexibility index (Phi) is 7.95. The molecule has 0 spiro atoms. The first-order valence-corrected chi connectivity index (χ1v) is 9.04. The number of halogens is 1. The summed E-state index contributed by atoms with van der Waals surface area (Å²) >= 11 is 0. The normalized spacial score (nSPS) is 15.1. The number of hydrogen-bond donors (Lipinski definition) is 2. The Morgan fingerprint density at radius 1 is 1.08 bits per heavy atom. The van der Waals surface area contributed by atoms with Crippen molar-refractivity contribution >= 4 is 18.3 Å². The number of amides is 1. The van der Waals surface area contributed by atoms with Crippen molar-refractivity contribution in [3.8, 4) is 5.75 Å². The molecule has 2 aromatic rings.